The summed E-state index contributed by atoms with van der Waals surface area (Å²) in [6.07, 6.45) is 15.1. The molecule has 1 aliphatic rings. The summed E-state index contributed by atoms with van der Waals surface area (Å²) in [5.74, 6) is 1.48. The molecule has 1 heterocycles. The number of urea groups is 1. The molecule has 11 heteroatoms. The Morgan fingerprint density at radius 3 is 2.37 bits per heavy atom. The van der Waals surface area contributed by atoms with Crippen LogP contribution >= 0.6 is 0 Å². The number of hydrogen-bond donors (Lipinski definition) is 5. The number of rotatable bonds is 19. The summed E-state index contributed by atoms with van der Waals surface area (Å²) in [5.41, 5.74) is 0.694. The number of benzene rings is 1. The van der Waals surface area contributed by atoms with E-state index in [0.717, 1.165) is 64.3 Å². The summed E-state index contributed by atoms with van der Waals surface area (Å²) in [5, 5.41) is 12.0. The van der Waals surface area contributed by atoms with Crippen LogP contribution in [0.4, 0.5) is 22.0 Å². The smallest absolute Gasteiger partial charge is 0.319 e. The van der Waals surface area contributed by atoms with Crippen molar-refractivity contribution in [2.75, 3.05) is 21.9 Å². The molecule has 1 aliphatic carbocycles. The summed E-state index contributed by atoms with van der Waals surface area (Å²) >= 11 is 0. The second-order valence-corrected chi connectivity index (χ2v) is 14.9. The van der Waals surface area contributed by atoms with Gasteiger partial charge in [-0.15, -0.1) is 0 Å². The van der Waals surface area contributed by atoms with Crippen LogP contribution in [0.5, 0.6) is 0 Å². The second-order valence-electron chi connectivity index (χ2n) is 13.2. The lowest BCUT2D eigenvalue weighted by Gasteiger charge is -2.27. The van der Waals surface area contributed by atoms with E-state index >= 15 is 0 Å². The Morgan fingerprint density at radius 2 is 1.67 bits per heavy atom. The summed E-state index contributed by atoms with van der Waals surface area (Å²) in [6, 6.07) is 8.52. The van der Waals surface area contributed by atoms with Crippen molar-refractivity contribution in [2.45, 2.75) is 128 Å². The molecule has 1 aromatic heterocycles. The topological polar surface area (TPSA) is 141 Å². The lowest BCUT2D eigenvalue weighted by Crippen LogP contribution is -2.51. The number of pyridine rings is 1. The third kappa shape index (κ3) is 13.6. The molecule has 2 aromatic rings. The summed E-state index contributed by atoms with van der Waals surface area (Å²) < 4.78 is 28.7. The fourth-order valence-electron chi connectivity index (χ4n) is 5.85. The number of amides is 3. The normalized spacial score (nSPS) is 15.2. The van der Waals surface area contributed by atoms with Gasteiger partial charge in [0.2, 0.25) is 5.91 Å². The molecule has 0 radical (unpaired) electrons. The Morgan fingerprint density at radius 1 is 0.913 bits per heavy atom. The van der Waals surface area contributed by atoms with Gasteiger partial charge in [-0.05, 0) is 68.4 Å². The van der Waals surface area contributed by atoms with Crippen LogP contribution in [-0.2, 0) is 14.8 Å². The predicted octanol–water partition coefficient (Wildman–Crippen LogP) is 7.67. The SMILES string of the molecule is CCCCCCNc1ccc(S(=O)(=O)Nc2cccc(NC(=O)N[C@H](CC3CCCCC3)C(=O)NC(C)CCCC(C)C)c2)cn1. The number of carbonyl (C=O) groups excluding carboxylic acids is 2. The standard InChI is InChI=1S/C35H56N6O4S/c1-5-6-7-11-22-36-33-21-20-31(25-37-33)46(44,45)41-30-19-13-18-29(24-30)39-35(43)40-32(23-28-16-9-8-10-17-28)34(42)38-27(4)15-12-14-26(2)3/h13,18-21,24-28,32,41H,5-12,14-17,22-23H2,1-4H3,(H,36,37)(H,38,42)(H2,39,40,43)/t27?,32-/m1/s1. The molecule has 0 aliphatic heterocycles. The minimum Gasteiger partial charge on any atom is -0.370 e. The molecule has 0 bridgehead atoms. The molecule has 0 spiro atoms. The monoisotopic (exact) mass is 656 g/mol. The maximum absolute atomic E-state index is 13.3. The average molecular weight is 657 g/mol. The van der Waals surface area contributed by atoms with Gasteiger partial charge >= 0.3 is 6.03 Å². The van der Waals surface area contributed by atoms with Crippen LogP contribution < -0.4 is 26.0 Å². The molecule has 256 valence electrons. The van der Waals surface area contributed by atoms with E-state index in [4.69, 9.17) is 0 Å². The predicted molar refractivity (Wildman–Crippen MR) is 188 cm³/mol. The largest absolute Gasteiger partial charge is 0.370 e. The minimum absolute atomic E-state index is 0.0212. The van der Waals surface area contributed by atoms with Crippen molar-refractivity contribution in [1.29, 1.82) is 0 Å². The first-order chi connectivity index (χ1) is 22.1. The third-order valence-electron chi connectivity index (χ3n) is 8.48. The highest BCUT2D eigenvalue weighted by atomic mass is 32.2. The van der Waals surface area contributed by atoms with Gasteiger partial charge in [-0.25, -0.2) is 18.2 Å². The van der Waals surface area contributed by atoms with Gasteiger partial charge < -0.3 is 21.3 Å². The van der Waals surface area contributed by atoms with Crippen LogP contribution in [0.15, 0.2) is 47.5 Å². The maximum Gasteiger partial charge on any atom is 0.319 e. The second kappa shape index (κ2) is 19.4. The van der Waals surface area contributed by atoms with E-state index < -0.39 is 22.1 Å². The quantitative estimate of drug-likeness (QED) is 0.0983. The van der Waals surface area contributed by atoms with Gasteiger partial charge in [-0.1, -0.05) is 91.0 Å². The molecule has 1 fully saturated rings. The average Bonchev–Trinajstić information content (AvgIpc) is 3.01. The number of hydrogen-bond acceptors (Lipinski definition) is 6. The number of aromatic nitrogens is 1. The van der Waals surface area contributed by atoms with Gasteiger partial charge in [0.05, 0.1) is 5.69 Å². The lowest BCUT2D eigenvalue weighted by molar-refractivity contribution is -0.124. The third-order valence-corrected chi connectivity index (χ3v) is 9.85. The molecule has 2 atom stereocenters. The molecule has 1 unspecified atom stereocenters. The van der Waals surface area contributed by atoms with E-state index in [2.05, 4.69) is 51.7 Å². The maximum atomic E-state index is 13.3. The van der Waals surface area contributed by atoms with Gasteiger partial charge in [0.25, 0.3) is 10.0 Å². The minimum atomic E-state index is -3.90. The van der Waals surface area contributed by atoms with Gasteiger partial charge in [0, 0.05) is 24.5 Å². The zero-order chi connectivity index (χ0) is 33.4. The van der Waals surface area contributed by atoms with Crippen LogP contribution in [0.3, 0.4) is 0 Å². The Hall–Kier alpha value is -3.34. The van der Waals surface area contributed by atoms with E-state index in [1.807, 2.05) is 6.92 Å². The van der Waals surface area contributed by atoms with Gasteiger partial charge in [-0.2, -0.15) is 0 Å². The number of nitrogens with zero attached hydrogens (tertiary/aromatic N) is 1. The molecule has 10 nitrogen and oxygen atoms in total. The molecular weight excluding hydrogens is 600 g/mol. The number of nitrogens with one attached hydrogen (secondary N) is 5. The number of sulfonamides is 1. The molecule has 0 saturated heterocycles. The Bertz CT molecular complexity index is 1310. The molecule has 46 heavy (non-hydrogen) atoms. The first-order valence-corrected chi connectivity index (χ1v) is 18.7. The van der Waals surface area contributed by atoms with Crippen molar-refractivity contribution in [2.24, 2.45) is 11.8 Å². The number of unbranched alkanes of at least 4 members (excludes halogenated alkanes) is 3. The van der Waals surface area contributed by atoms with Crippen molar-refractivity contribution in [3.63, 3.8) is 0 Å². The van der Waals surface area contributed by atoms with Crippen LogP contribution in [0.25, 0.3) is 0 Å². The number of carbonyl (C=O) groups is 2. The highest BCUT2D eigenvalue weighted by molar-refractivity contribution is 7.92. The molecule has 1 aromatic carbocycles. The van der Waals surface area contributed by atoms with Crippen molar-refractivity contribution in [1.82, 2.24) is 15.6 Å². The van der Waals surface area contributed by atoms with E-state index in [0.29, 0.717) is 35.4 Å². The molecule has 5 N–H and O–H groups in total. The fraction of sp³-hybridized carbons (Fsp3) is 0.629. The Kier molecular flexibility index (Phi) is 15.6. The lowest BCUT2D eigenvalue weighted by atomic mass is 9.84. The van der Waals surface area contributed by atoms with E-state index in [9.17, 15) is 18.0 Å². The van der Waals surface area contributed by atoms with E-state index in [1.54, 1.807) is 30.3 Å². The summed E-state index contributed by atoms with van der Waals surface area (Å²) in [6.45, 7) is 9.36. The number of anilines is 3. The first-order valence-electron chi connectivity index (χ1n) is 17.3. The van der Waals surface area contributed by atoms with E-state index in [1.165, 1.54) is 31.5 Å². The zero-order valence-corrected chi connectivity index (χ0v) is 29.1. The summed E-state index contributed by atoms with van der Waals surface area (Å²) in [7, 11) is -3.90. The van der Waals surface area contributed by atoms with Gasteiger partial charge in [0.15, 0.2) is 0 Å². The molecule has 3 rings (SSSR count). The van der Waals surface area contributed by atoms with Crippen LogP contribution in [-0.4, -0.2) is 44.0 Å². The van der Waals surface area contributed by atoms with Crippen LogP contribution in [0, 0.1) is 11.8 Å². The molecule has 3 amide bonds. The molecular formula is C35H56N6O4S. The fourth-order valence-corrected chi connectivity index (χ4v) is 6.84. The summed E-state index contributed by atoms with van der Waals surface area (Å²) in [4.78, 5) is 30.7. The Labute approximate surface area is 276 Å². The Balaban J connectivity index is 1.58. The van der Waals surface area contributed by atoms with Gasteiger partial charge in [-0.3, -0.25) is 9.52 Å². The van der Waals surface area contributed by atoms with E-state index in [-0.39, 0.29) is 16.8 Å². The van der Waals surface area contributed by atoms with Crippen molar-refractivity contribution < 1.29 is 18.0 Å². The van der Waals surface area contributed by atoms with Crippen molar-refractivity contribution in [3.8, 4) is 0 Å². The van der Waals surface area contributed by atoms with Crippen molar-refractivity contribution >= 4 is 39.2 Å². The molecule has 1 saturated carbocycles. The van der Waals surface area contributed by atoms with Crippen LogP contribution in [0.1, 0.15) is 111 Å². The van der Waals surface area contributed by atoms with Gasteiger partial charge in [0.1, 0.15) is 16.8 Å². The zero-order valence-electron chi connectivity index (χ0n) is 28.2. The van der Waals surface area contributed by atoms with Crippen molar-refractivity contribution in [3.05, 3.63) is 42.6 Å². The highest BCUT2D eigenvalue weighted by Gasteiger charge is 2.27. The van der Waals surface area contributed by atoms with Crippen LogP contribution in [0.2, 0.25) is 0 Å². The highest BCUT2D eigenvalue weighted by Crippen LogP contribution is 2.28. The first kappa shape index (κ1) is 37.1.